The van der Waals surface area contributed by atoms with Crippen molar-refractivity contribution in [2.24, 2.45) is 11.0 Å². The van der Waals surface area contributed by atoms with E-state index in [9.17, 15) is 9.59 Å². The van der Waals surface area contributed by atoms with Gasteiger partial charge in [-0.25, -0.2) is 15.0 Å². The molecule has 2 aliphatic heterocycles. The summed E-state index contributed by atoms with van der Waals surface area (Å²) in [6.07, 6.45) is 5.23. The smallest absolute Gasteiger partial charge is 0.309 e. The molecule has 3 aromatic rings. The Kier molecular flexibility index (Phi) is 7.39. The Labute approximate surface area is 215 Å². The standard InChI is InChI=1S/C28H29N5O4/c1-36-23-10-8-21(9-11-23)25-18-24(20-6-3-2-4-7-20)31-33(25)26(34)19-37-27(35)22-12-16-32(17-13-22)28-29-14-5-15-30-28/h2-11,14-15,22,25H,12-13,16-19H2,1H3. The molecule has 1 atom stereocenters. The van der Waals surface area contributed by atoms with Crippen LogP contribution in [-0.4, -0.2) is 59.4 Å². The molecule has 0 radical (unpaired) electrons. The number of carbonyl (C=O) groups is 2. The van der Waals surface area contributed by atoms with E-state index in [4.69, 9.17) is 9.47 Å². The molecular formula is C28H29N5O4. The zero-order valence-electron chi connectivity index (χ0n) is 20.7. The fourth-order valence-electron chi connectivity index (χ4n) is 4.72. The van der Waals surface area contributed by atoms with Crippen LogP contribution in [0.25, 0.3) is 0 Å². The second kappa shape index (κ2) is 11.2. The van der Waals surface area contributed by atoms with Gasteiger partial charge in [0.25, 0.3) is 5.91 Å². The first-order chi connectivity index (χ1) is 18.1. The number of aromatic nitrogens is 2. The molecule has 5 rings (SSSR count). The number of rotatable bonds is 7. The van der Waals surface area contributed by atoms with E-state index in [0.717, 1.165) is 22.6 Å². The van der Waals surface area contributed by atoms with Gasteiger partial charge in [0.2, 0.25) is 5.95 Å². The molecule has 2 aliphatic rings. The Morgan fingerprint density at radius 1 is 0.946 bits per heavy atom. The normalized spacial score (nSPS) is 17.9. The predicted octanol–water partition coefficient (Wildman–Crippen LogP) is 3.62. The number of anilines is 1. The Hall–Kier alpha value is -4.27. The zero-order chi connectivity index (χ0) is 25.6. The molecule has 37 heavy (non-hydrogen) atoms. The maximum Gasteiger partial charge on any atom is 0.309 e. The number of amides is 1. The number of carbonyl (C=O) groups excluding carboxylic acids is 2. The minimum atomic E-state index is -0.352. The van der Waals surface area contributed by atoms with Gasteiger partial charge in [-0.3, -0.25) is 9.59 Å². The van der Waals surface area contributed by atoms with Gasteiger partial charge in [-0.2, -0.15) is 5.10 Å². The van der Waals surface area contributed by atoms with E-state index in [0.29, 0.717) is 38.3 Å². The van der Waals surface area contributed by atoms with Crippen LogP contribution in [0.3, 0.4) is 0 Å². The van der Waals surface area contributed by atoms with Crippen LogP contribution >= 0.6 is 0 Å². The molecule has 9 heteroatoms. The Bertz CT molecular complexity index is 1240. The first-order valence-electron chi connectivity index (χ1n) is 12.4. The third kappa shape index (κ3) is 5.61. The highest BCUT2D eigenvalue weighted by Crippen LogP contribution is 2.33. The van der Waals surface area contributed by atoms with Gasteiger partial charge in [0, 0.05) is 31.9 Å². The molecule has 0 saturated carbocycles. The number of nitrogens with zero attached hydrogens (tertiary/aromatic N) is 5. The van der Waals surface area contributed by atoms with Gasteiger partial charge in [0.1, 0.15) is 5.75 Å². The van der Waals surface area contributed by atoms with E-state index in [2.05, 4.69) is 20.0 Å². The first-order valence-corrected chi connectivity index (χ1v) is 12.4. The van der Waals surface area contributed by atoms with Crippen LogP contribution < -0.4 is 9.64 Å². The predicted molar refractivity (Wildman–Crippen MR) is 138 cm³/mol. The van der Waals surface area contributed by atoms with Gasteiger partial charge >= 0.3 is 5.97 Å². The second-order valence-corrected chi connectivity index (χ2v) is 9.06. The van der Waals surface area contributed by atoms with Gasteiger partial charge in [0.15, 0.2) is 6.61 Å². The average molecular weight is 500 g/mol. The summed E-state index contributed by atoms with van der Waals surface area (Å²) in [5.74, 6) is 0.439. The van der Waals surface area contributed by atoms with Crippen molar-refractivity contribution in [1.29, 1.82) is 0 Å². The molecule has 9 nitrogen and oxygen atoms in total. The summed E-state index contributed by atoms with van der Waals surface area (Å²) >= 11 is 0. The van der Waals surface area contributed by atoms with Crippen LogP contribution in [0.1, 0.15) is 36.4 Å². The Morgan fingerprint density at radius 2 is 1.65 bits per heavy atom. The van der Waals surface area contributed by atoms with E-state index in [-0.39, 0.29) is 30.4 Å². The van der Waals surface area contributed by atoms with Crippen LogP contribution in [0.15, 0.2) is 78.2 Å². The number of methoxy groups -OCH3 is 1. The molecule has 0 bridgehead atoms. The minimum Gasteiger partial charge on any atom is -0.497 e. The van der Waals surface area contributed by atoms with Crippen molar-refractivity contribution in [2.75, 3.05) is 31.7 Å². The van der Waals surface area contributed by atoms with Crippen molar-refractivity contribution in [3.05, 3.63) is 84.2 Å². The minimum absolute atomic E-state index is 0.257. The third-order valence-electron chi connectivity index (χ3n) is 6.77. The summed E-state index contributed by atoms with van der Waals surface area (Å²) in [4.78, 5) is 36.6. The molecule has 0 N–H and O–H groups in total. The topological polar surface area (TPSA) is 97.2 Å². The van der Waals surface area contributed by atoms with Crippen molar-refractivity contribution in [3.63, 3.8) is 0 Å². The number of hydrogen-bond donors (Lipinski definition) is 0. The SMILES string of the molecule is COc1ccc(C2CC(c3ccccc3)=NN2C(=O)COC(=O)C2CCN(c3ncccn3)CC2)cc1. The van der Waals surface area contributed by atoms with E-state index >= 15 is 0 Å². The van der Waals surface area contributed by atoms with Crippen molar-refractivity contribution in [1.82, 2.24) is 15.0 Å². The Morgan fingerprint density at radius 3 is 2.32 bits per heavy atom. The molecule has 1 fully saturated rings. The lowest BCUT2D eigenvalue weighted by atomic mass is 9.97. The molecule has 1 amide bonds. The number of hydrazone groups is 1. The quantitative estimate of drug-likeness (QED) is 0.458. The maximum atomic E-state index is 13.2. The van der Waals surface area contributed by atoms with Crippen LogP contribution in [0, 0.1) is 5.92 Å². The van der Waals surface area contributed by atoms with Crippen molar-refractivity contribution >= 4 is 23.5 Å². The molecule has 1 unspecified atom stereocenters. The molecule has 0 spiro atoms. The Balaban J connectivity index is 1.23. The van der Waals surface area contributed by atoms with Crippen molar-refractivity contribution in [2.45, 2.75) is 25.3 Å². The lowest BCUT2D eigenvalue weighted by Gasteiger charge is -2.30. The van der Waals surface area contributed by atoms with Gasteiger partial charge in [-0.05, 0) is 42.2 Å². The third-order valence-corrected chi connectivity index (χ3v) is 6.77. The van der Waals surface area contributed by atoms with Crippen LogP contribution in [0.2, 0.25) is 0 Å². The average Bonchev–Trinajstić information content (AvgIpc) is 3.42. The molecule has 2 aromatic carbocycles. The monoisotopic (exact) mass is 499 g/mol. The summed E-state index contributed by atoms with van der Waals surface area (Å²) in [7, 11) is 1.62. The lowest BCUT2D eigenvalue weighted by molar-refractivity contribution is -0.156. The lowest BCUT2D eigenvalue weighted by Crippen LogP contribution is -2.39. The summed E-state index contributed by atoms with van der Waals surface area (Å²) in [5, 5.41) is 6.10. The van der Waals surface area contributed by atoms with Gasteiger partial charge in [0.05, 0.1) is 24.8 Å². The van der Waals surface area contributed by atoms with Crippen LogP contribution in [0.4, 0.5) is 5.95 Å². The van der Waals surface area contributed by atoms with Crippen LogP contribution in [-0.2, 0) is 14.3 Å². The van der Waals surface area contributed by atoms with Crippen molar-refractivity contribution < 1.29 is 19.1 Å². The molecule has 0 aliphatic carbocycles. The van der Waals surface area contributed by atoms with Gasteiger partial charge in [-0.15, -0.1) is 0 Å². The van der Waals surface area contributed by atoms with E-state index in [1.54, 1.807) is 25.6 Å². The fourth-order valence-corrected chi connectivity index (χ4v) is 4.72. The number of hydrogen-bond acceptors (Lipinski definition) is 8. The van der Waals surface area contributed by atoms with Gasteiger partial charge in [-0.1, -0.05) is 42.5 Å². The highest BCUT2D eigenvalue weighted by molar-refractivity contribution is 6.03. The largest absolute Gasteiger partial charge is 0.497 e. The summed E-state index contributed by atoms with van der Waals surface area (Å²) < 4.78 is 10.8. The zero-order valence-corrected chi connectivity index (χ0v) is 20.7. The van der Waals surface area contributed by atoms with Crippen molar-refractivity contribution in [3.8, 4) is 5.75 Å². The highest BCUT2D eigenvalue weighted by atomic mass is 16.5. The number of ether oxygens (including phenoxy) is 2. The molecule has 3 heterocycles. The number of piperidine rings is 1. The molecule has 190 valence electrons. The van der Waals surface area contributed by atoms with E-state index in [1.165, 1.54) is 5.01 Å². The second-order valence-electron chi connectivity index (χ2n) is 9.06. The summed E-state index contributed by atoms with van der Waals surface area (Å²) in [5.41, 5.74) is 2.71. The molecular weight excluding hydrogens is 470 g/mol. The van der Waals surface area contributed by atoms with E-state index < -0.39 is 0 Å². The maximum absolute atomic E-state index is 13.2. The number of esters is 1. The van der Waals surface area contributed by atoms with Crippen LogP contribution in [0.5, 0.6) is 5.75 Å². The van der Waals surface area contributed by atoms with E-state index in [1.807, 2.05) is 54.6 Å². The highest BCUT2D eigenvalue weighted by Gasteiger charge is 2.34. The molecule has 1 saturated heterocycles. The summed E-state index contributed by atoms with van der Waals surface area (Å²) in [6, 6.07) is 18.9. The van der Waals surface area contributed by atoms with Gasteiger partial charge < -0.3 is 14.4 Å². The fraction of sp³-hybridized carbons (Fsp3) is 0.321. The number of benzene rings is 2. The summed E-state index contributed by atoms with van der Waals surface area (Å²) in [6.45, 7) is 0.974. The first kappa shape index (κ1) is 24.4. The molecule has 1 aromatic heterocycles.